The van der Waals surface area contributed by atoms with E-state index in [0.717, 1.165) is 67.9 Å². The first-order valence-corrected chi connectivity index (χ1v) is 11.7. The largest absolute Gasteiger partial charge is 0.356 e. The molecule has 5 rings (SSSR count). The van der Waals surface area contributed by atoms with Gasteiger partial charge < -0.3 is 15.1 Å². The minimum atomic E-state index is 0.0402. The Hall–Kier alpha value is -3.16. The molecule has 0 spiro atoms. The molecular weight excluding hydrogens is 402 g/mol. The van der Waals surface area contributed by atoms with E-state index in [9.17, 15) is 4.79 Å². The zero-order valence-corrected chi connectivity index (χ0v) is 18.7. The van der Waals surface area contributed by atoms with Crippen molar-refractivity contribution in [3.8, 4) is 0 Å². The predicted octanol–water partition coefficient (Wildman–Crippen LogP) is 4.06. The van der Waals surface area contributed by atoms with Crippen molar-refractivity contribution in [1.29, 1.82) is 0 Å². The molecule has 168 valence electrons. The summed E-state index contributed by atoms with van der Waals surface area (Å²) in [5, 5.41) is 8.47. The van der Waals surface area contributed by atoms with Crippen LogP contribution >= 0.6 is 0 Å². The van der Waals surface area contributed by atoms with E-state index in [-0.39, 0.29) is 6.03 Å². The van der Waals surface area contributed by atoms with Crippen molar-refractivity contribution >= 4 is 28.6 Å². The summed E-state index contributed by atoms with van der Waals surface area (Å²) in [5.74, 6) is 1.48. The number of fused-ring (bicyclic) bond motifs is 1. The lowest BCUT2D eigenvalue weighted by atomic mass is 9.86. The van der Waals surface area contributed by atoms with Gasteiger partial charge in [0.2, 0.25) is 0 Å². The Bertz CT molecular complexity index is 1060. The van der Waals surface area contributed by atoms with Crippen LogP contribution in [0.5, 0.6) is 0 Å². The third-order valence-corrected chi connectivity index (χ3v) is 6.98. The highest BCUT2D eigenvalue weighted by molar-refractivity contribution is 5.89. The molecule has 8 nitrogen and oxygen atoms in total. The van der Waals surface area contributed by atoms with Crippen molar-refractivity contribution in [3.63, 3.8) is 0 Å². The van der Waals surface area contributed by atoms with Gasteiger partial charge in [-0.15, -0.1) is 0 Å². The molecule has 0 bridgehead atoms. The van der Waals surface area contributed by atoms with E-state index in [1.54, 1.807) is 11.0 Å². The van der Waals surface area contributed by atoms with Crippen molar-refractivity contribution in [2.75, 3.05) is 29.9 Å². The lowest BCUT2D eigenvalue weighted by Gasteiger charge is -2.41. The van der Waals surface area contributed by atoms with Gasteiger partial charge in [0.15, 0.2) is 5.65 Å². The van der Waals surface area contributed by atoms with Crippen LogP contribution in [-0.2, 0) is 7.05 Å². The van der Waals surface area contributed by atoms with Crippen molar-refractivity contribution in [2.24, 2.45) is 13.0 Å². The molecule has 2 saturated heterocycles. The summed E-state index contributed by atoms with van der Waals surface area (Å²) >= 11 is 0. The number of carbonyl (C=O) groups excluding carboxylic acids is 1. The summed E-state index contributed by atoms with van der Waals surface area (Å²) in [6.07, 6.45) is 10.2. The SMILES string of the molecule is Cn1ncc2c(N3CCC([C@@H]4CCCCCN4C(=O)Nc4ccccc4)CC3)ncnc21. The van der Waals surface area contributed by atoms with Gasteiger partial charge in [-0.2, -0.15) is 5.10 Å². The maximum atomic E-state index is 13.2. The Morgan fingerprint density at radius 2 is 1.81 bits per heavy atom. The summed E-state index contributed by atoms with van der Waals surface area (Å²) in [6.45, 7) is 2.72. The van der Waals surface area contributed by atoms with Gasteiger partial charge in [-0.05, 0) is 43.7 Å². The number of carbonyl (C=O) groups is 1. The molecule has 1 aromatic carbocycles. The zero-order valence-electron chi connectivity index (χ0n) is 18.7. The highest BCUT2D eigenvalue weighted by Gasteiger charge is 2.34. The van der Waals surface area contributed by atoms with Gasteiger partial charge in [0.1, 0.15) is 12.1 Å². The van der Waals surface area contributed by atoms with Crippen molar-refractivity contribution in [1.82, 2.24) is 24.6 Å². The van der Waals surface area contributed by atoms with Crippen LogP contribution < -0.4 is 10.2 Å². The maximum absolute atomic E-state index is 13.2. The molecule has 0 radical (unpaired) electrons. The minimum absolute atomic E-state index is 0.0402. The summed E-state index contributed by atoms with van der Waals surface area (Å²) in [7, 11) is 1.91. The maximum Gasteiger partial charge on any atom is 0.322 e. The fourth-order valence-corrected chi connectivity index (χ4v) is 5.29. The quantitative estimate of drug-likeness (QED) is 0.674. The number of nitrogens with one attached hydrogen (secondary N) is 1. The second kappa shape index (κ2) is 9.14. The molecule has 0 aliphatic carbocycles. The zero-order chi connectivity index (χ0) is 21.9. The first kappa shape index (κ1) is 20.7. The molecule has 0 saturated carbocycles. The highest BCUT2D eigenvalue weighted by atomic mass is 16.2. The highest BCUT2D eigenvalue weighted by Crippen LogP contribution is 2.33. The van der Waals surface area contributed by atoms with Crippen molar-refractivity contribution in [2.45, 2.75) is 44.6 Å². The average Bonchev–Trinajstić information content (AvgIpc) is 3.05. The minimum Gasteiger partial charge on any atom is -0.356 e. The first-order valence-electron chi connectivity index (χ1n) is 11.7. The number of aromatic nitrogens is 4. The number of rotatable bonds is 3. The molecule has 1 N–H and O–H groups in total. The number of hydrogen-bond acceptors (Lipinski definition) is 5. The molecular formula is C24H31N7O. The smallest absolute Gasteiger partial charge is 0.322 e. The van der Waals surface area contributed by atoms with Crippen LogP contribution in [0.1, 0.15) is 38.5 Å². The van der Waals surface area contributed by atoms with E-state index < -0.39 is 0 Å². The standard InChI is InChI=1S/C24H31N7O/c1-29-22-20(16-27-29)23(26-17-25-22)30-14-11-18(12-15-30)21-10-6-3-7-13-31(21)24(32)28-19-8-4-2-5-9-19/h2,4-5,8-9,16-18,21H,3,6-7,10-15H2,1H3,(H,28,32)/t21-/m0/s1. The molecule has 8 heteroatoms. The van der Waals surface area contributed by atoms with Gasteiger partial charge >= 0.3 is 6.03 Å². The van der Waals surface area contributed by atoms with Crippen LogP contribution in [0.2, 0.25) is 0 Å². The molecule has 2 aliphatic heterocycles. The van der Waals surface area contributed by atoms with Crippen LogP contribution in [0, 0.1) is 5.92 Å². The lowest BCUT2D eigenvalue weighted by molar-refractivity contribution is 0.146. The Morgan fingerprint density at radius 3 is 2.62 bits per heavy atom. The summed E-state index contributed by atoms with van der Waals surface area (Å²) in [6, 6.07) is 10.1. The number of hydrogen-bond donors (Lipinski definition) is 1. The lowest BCUT2D eigenvalue weighted by Crippen LogP contribution is -2.49. The number of para-hydroxylation sites is 1. The van der Waals surface area contributed by atoms with Crippen LogP contribution in [-0.4, -0.2) is 56.4 Å². The molecule has 2 aliphatic rings. The van der Waals surface area contributed by atoms with Gasteiger partial charge in [-0.1, -0.05) is 31.0 Å². The normalized spacial score (nSPS) is 20.3. The van der Waals surface area contributed by atoms with E-state index in [1.807, 2.05) is 43.6 Å². The molecule has 32 heavy (non-hydrogen) atoms. The second-order valence-electron chi connectivity index (χ2n) is 8.93. The molecule has 2 aromatic heterocycles. The Kier molecular flexibility index (Phi) is 5.92. The van der Waals surface area contributed by atoms with Crippen molar-refractivity contribution < 1.29 is 4.79 Å². The monoisotopic (exact) mass is 433 g/mol. The first-order chi connectivity index (χ1) is 15.7. The number of piperidine rings is 1. The van der Waals surface area contributed by atoms with Crippen LogP contribution in [0.15, 0.2) is 42.9 Å². The fourth-order valence-electron chi connectivity index (χ4n) is 5.29. The molecule has 0 unspecified atom stereocenters. The molecule has 2 fully saturated rings. The van der Waals surface area contributed by atoms with Gasteiger partial charge in [0.05, 0.1) is 11.6 Å². The topological polar surface area (TPSA) is 79.2 Å². The van der Waals surface area contributed by atoms with E-state index in [4.69, 9.17) is 0 Å². The molecule has 2 amide bonds. The van der Waals surface area contributed by atoms with Crippen LogP contribution in [0.4, 0.5) is 16.3 Å². The van der Waals surface area contributed by atoms with Gasteiger partial charge in [0, 0.05) is 38.4 Å². The van der Waals surface area contributed by atoms with Crippen LogP contribution in [0.3, 0.4) is 0 Å². The third-order valence-electron chi connectivity index (χ3n) is 6.98. The Balaban J connectivity index is 1.28. The number of amides is 2. The van der Waals surface area contributed by atoms with E-state index >= 15 is 0 Å². The number of aryl methyl sites for hydroxylation is 1. The number of likely N-dealkylation sites (tertiary alicyclic amines) is 1. The van der Waals surface area contributed by atoms with E-state index in [0.29, 0.717) is 12.0 Å². The fraction of sp³-hybridized carbons (Fsp3) is 0.500. The van der Waals surface area contributed by atoms with Gasteiger partial charge in [-0.25, -0.2) is 14.8 Å². The second-order valence-corrected chi connectivity index (χ2v) is 8.93. The molecule has 3 aromatic rings. The number of anilines is 2. The predicted molar refractivity (Wildman–Crippen MR) is 126 cm³/mol. The average molecular weight is 434 g/mol. The summed E-state index contributed by atoms with van der Waals surface area (Å²) in [5.41, 5.74) is 1.73. The number of nitrogens with zero attached hydrogens (tertiary/aromatic N) is 6. The molecule has 1 atom stereocenters. The summed E-state index contributed by atoms with van der Waals surface area (Å²) in [4.78, 5) is 26.6. The van der Waals surface area contributed by atoms with Crippen molar-refractivity contribution in [3.05, 3.63) is 42.9 Å². The van der Waals surface area contributed by atoms with E-state index in [1.165, 1.54) is 12.8 Å². The number of benzene rings is 1. The van der Waals surface area contributed by atoms with Gasteiger partial charge in [0.25, 0.3) is 0 Å². The van der Waals surface area contributed by atoms with E-state index in [2.05, 4.69) is 30.2 Å². The third kappa shape index (κ3) is 4.13. The summed E-state index contributed by atoms with van der Waals surface area (Å²) < 4.78 is 1.79. The molecule has 4 heterocycles. The van der Waals surface area contributed by atoms with Gasteiger partial charge in [-0.3, -0.25) is 4.68 Å². The number of urea groups is 1. The Labute approximate surface area is 188 Å². The van der Waals surface area contributed by atoms with Crippen LogP contribution in [0.25, 0.3) is 11.0 Å². The Morgan fingerprint density at radius 1 is 1.00 bits per heavy atom.